The van der Waals surface area contributed by atoms with Crippen LogP contribution in [0.1, 0.15) is 19.8 Å². The Hall–Kier alpha value is -0.920. The van der Waals surface area contributed by atoms with Crippen molar-refractivity contribution < 1.29 is 26.9 Å². The second-order valence-electron chi connectivity index (χ2n) is 5.60. The van der Waals surface area contributed by atoms with E-state index in [2.05, 4.69) is 6.58 Å². The van der Waals surface area contributed by atoms with E-state index in [0.29, 0.717) is 13.0 Å². The highest BCUT2D eigenvalue weighted by atomic mass is 32.2. The van der Waals surface area contributed by atoms with Crippen LogP contribution in [0.4, 0.5) is 0 Å². The first kappa shape index (κ1) is 14.0. The average Bonchev–Trinajstić information content (AvgIpc) is 2.99. The second-order valence-corrected chi connectivity index (χ2v) is 7.38. The molecule has 6 nitrogen and oxygen atoms in total. The Morgan fingerprint density at radius 3 is 2.85 bits per heavy atom. The van der Waals surface area contributed by atoms with Gasteiger partial charge in [-0.05, 0) is 19.8 Å². The maximum Gasteiger partial charge on any atom is 0.336 e. The summed E-state index contributed by atoms with van der Waals surface area (Å²) in [6.07, 6.45) is 0.302. The molecule has 0 spiro atoms. The molecule has 2 bridgehead atoms. The van der Waals surface area contributed by atoms with Gasteiger partial charge < -0.3 is 9.47 Å². The fourth-order valence-corrected chi connectivity index (χ4v) is 5.42. The third-order valence-electron chi connectivity index (χ3n) is 4.43. The lowest BCUT2D eigenvalue weighted by Gasteiger charge is -2.25. The van der Waals surface area contributed by atoms with E-state index in [9.17, 15) is 13.2 Å². The molecule has 0 aromatic heterocycles. The monoisotopic (exact) mass is 302 g/mol. The molecule has 2 aliphatic carbocycles. The lowest BCUT2D eigenvalue weighted by Crippen LogP contribution is -2.37. The molecule has 112 valence electrons. The van der Waals surface area contributed by atoms with E-state index in [4.69, 9.17) is 13.7 Å². The van der Waals surface area contributed by atoms with Crippen LogP contribution in [0.3, 0.4) is 0 Å². The first-order valence-electron chi connectivity index (χ1n) is 6.82. The Morgan fingerprint density at radius 2 is 2.15 bits per heavy atom. The van der Waals surface area contributed by atoms with Crippen molar-refractivity contribution in [3.05, 3.63) is 12.2 Å². The van der Waals surface area contributed by atoms with E-state index in [1.54, 1.807) is 0 Å². The van der Waals surface area contributed by atoms with E-state index in [1.165, 1.54) is 0 Å². The van der Waals surface area contributed by atoms with Gasteiger partial charge in [0.1, 0.15) is 12.2 Å². The van der Waals surface area contributed by atoms with Crippen LogP contribution in [0.15, 0.2) is 12.2 Å². The fraction of sp³-hybridized carbons (Fsp3) is 0.769. The maximum absolute atomic E-state index is 11.9. The van der Waals surface area contributed by atoms with Gasteiger partial charge in [0, 0.05) is 18.4 Å². The molecule has 0 N–H and O–H groups in total. The largest absolute Gasteiger partial charge is 0.456 e. The Morgan fingerprint density at radius 1 is 1.40 bits per heavy atom. The van der Waals surface area contributed by atoms with Crippen molar-refractivity contribution in [2.75, 3.05) is 13.2 Å². The first-order valence-corrected chi connectivity index (χ1v) is 8.29. The summed E-state index contributed by atoms with van der Waals surface area (Å²) in [5, 5.41) is -0.404. The van der Waals surface area contributed by atoms with Gasteiger partial charge in [0.15, 0.2) is 0 Å². The van der Waals surface area contributed by atoms with Crippen molar-refractivity contribution in [3.8, 4) is 0 Å². The summed E-state index contributed by atoms with van der Waals surface area (Å²) in [7, 11) is -3.47. The molecule has 1 saturated heterocycles. The molecule has 2 saturated carbocycles. The minimum Gasteiger partial charge on any atom is -0.456 e. The van der Waals surface area contributed by atoms with Crippen LogP contribution in [0.5, 0.6) is 0 Å². The number of esters is 1. The van der Waals surface area contributed by atoms with Crippen molar-refractivity contribution in [1.82, 2.24) is 0 Å². The molecular weight excluding hydrogens is 284 g/mol. The molecule has 3 rings (SSSR count). The molecule has 0 aromatic carbocycles. The van der Waals surface area contributed by atoms with Crippen LogP contribution in [0.25, 0.3) is 0 Å². The molecule has 0 radical (unpaired) electrons. The Balaban J connectivity index is 1.66. The third kappa shape index (κ3) is 2.08. The molecule has 5 unspecified atom stereocenters. The van der Waals surface area contributed by atoms with Crippen molar-refractivity contribution in [1.29, 1.82) is 0 Å². The summed E-state index contributed by atoms with van der Waals surface area (Å²) < 4.78 is 39.2. The molecule has 3 aliphatic rings. The van der Waals surface area contributed by atoms with Gasteiger partial charge in [-0.1, -0.05) is 6.58 Å². The Labute approximate surface area is 118 Å². The topological polar surface area (TPSA) is 78.9 Å². The van der Waals surface area contributed by atoms with Crippen LogP contribution in [-0.4, -0.2) is 45.1 Å². The summed E-state index contributed by atoms with van der Waals surface area (Å²) in [4.78, 5) is 11.9. The highest BCUT2D eigenvalue weighted by Crippen LogP contribution is 2.55. The number of hydrogen-bond acceptors (Lipinski definition) is 6. The third-order valence-corrected chi connectivity index (χ3v) is 6.20. The lowest BCUT2D eigenvalue weighted by atomic mass is 9.94. The van der Waals surface area contributed by atoms with Gasteiger partial charge in [-0.3, -0.25) is 4.18 Å². The molecule has 5 atom stereocenters. The van der Waals surface area contributed by atoms with Gasteiger partial charge in [-0.2, -0.15) is 8.42 Å². The van der Waals surface area contributed by atoms with Gasteiger partial charge in [0.2, 0.25) is 0 Å². The van der Waals surface area contributed by atoms with Crippen LogP contribution in [0.2, 0.25) is 0 Å². The van der Waals surface area contributed by atoms with E-state index in [-0.39, 0.29) is 24.0 Å². The molecule has 20 heavy (non-hydrogen) atoms. The molecule has 1 aliphatic heterocycles. The lowest BCUT2D eigenvalue weighted by molar-refractivity contribution is -0.151. The first-order chi connectivity index (χ1) is 9.44. The van der Waals surface area contributed by atoms with Gasteiger partial charge in [-0.15, -0.1) is 0 Å². The number of fused-ring (bicyclic) bond motifs is 1. The van der Waals surface area contributed by atoms with Gasteiger partial charge in [-0.25, -0.2) is 4.79 Å². The number of carbonyl (C=O) groups is 1. The van der Waals surface area contributed by atoms with Crippen LogP contribution in [-0.2, 0) is 28.6 Å². The van der Waals surface area contributed by atoms with Crippen molar-refractivity contribution in [2.45, 2.75) is 37.2 Å². The standard InChI is InChI=1S/C13H18O6S/c1-3-17-6-7(2)13(14)18-11-8-4-9-10(5-8)20(15,16)19-12(9)11/h8-12H,2-6H2,1H3. The van der Waals surface area contributed by atoms with Gasteiger partial charge in [0.05, 0.1) is 17.4 Å². The van der Waals surface area contributed by atoms with Crippen molar-refractivity contribution in [2.24, 2.45) is 11.8 Å². The highest BCUT2D eigenvalue weighted by Gasteiger charge is 2.65. The molecule has 0 aromatic rings. The summed E-state index contributed by atoms with van der Waals surface area (Å²) in [6.45, 7) is 6.07. The molecule has 3 fully saturated rings. The quantitative estimate of drug-likeness (QED) is 0.421. The van der Waals surface area contributed by atoms with E-state index in [1.807, 2.05) is 6.92 Å². The number of carbonyl (C=O) groups excluding carboxylic acids is 1. The second kappa shape index (κ2) is 4.82. The maximum atomic E-state index is 11.9. The van der Waals surface area contributed by atoms with E-state index < -0.39 is 33.5 Å². The van der Waals surface area contributed by atoms with Gasteiger partial charge >= 0.3 is 5.97 Å². The van der Waals surface area contributed by atoms with Crippen LogP contribution < -0.4 is 0 Å². The zero-order valence-electron chi connectivity index (χ0n) is 11.3. The van der Waals surface area contributed by atoms with Crippen molar-refractivity contribution in [3.63, 3.8) is 0 Å². The Bertz CT molecular complexity index is 539. The molecule has 7 heteroatoms. The van der Waals surface area contributed by atoms with Crippen LogP contribution >= 0.6 is 0 Å². The SMILES string of the molecule is C=C(COCC)C(=O)OC1C2CC3C1OS(=O)(=O)C3C2. The predicted molar refractivity (Wildman–Crippen MR) is 69.3 cm³/mol. The predicted octanol–water partition coefficient (Wildman–Crippen LogP) is 0.628. The van der Waals surface area contributed by atoms with Crippen LogP contribution in [0, 0.1) is 11.8 Å². The Kier molecular flexibility index (Phi) is 3.38. The molecule has 1 heterocycles. The number of rotatable bonds is 5. The zero-order valence-corrected chi connectivity index (χ0v) is 12.1. The van der Waals surface area contributed by atoms with Gasteiger partial charge in [0.25, 0.3) is 10.1 Å². The van der Waals surface area contributed by atoms with Crippen molar-refractivity contribution >= 4 is 16.1 Å². The zero-order chi connectivity index (χ0) is 14.5. The van der Waals surface area contributed by atoms with E-state index in [0.717, 1.165) is 6.42 Å². The summed E-state index contributed by atoms with van der Waals surface area (Å²) in [6, 6.07) is 0. The average molecular weight is 302 g/mol. The highest BCUT2D eigenvalue weighted by molar-refractivity contribution is 7.87. The minimum atomic E-state index is -3.47. The summed E-state index contributed by atoms with van der Waals surface area (Å²) >= 11 is 0. The molecular formula is C13H18O6S. The number of ether oxygens (including phenoxy) is 2. The normalized spacial score (nSPS) is 40.0. The fourth-order valence-electron chi connectivity index (χ4n) is 3.54. The van der Waals surface area contributed by atoms with E-state index >= 15 is 0 Å². The number of hydrogen-bond donors (Lipinski definition) is 0. The summed E-state index contributed by atoms with van der Waals surface area (Å²) in [5.74, 6) is -0.473. The smallest absolute Gasteiger partial charge is 0.336 e. The molecule has 0 amide bonds. The minimum absolute atomic E-state index is 0.0250. The summed E-state index contributed by atoms with van der Waals surface area (Å²) in [5.41, 5.74) is 0.243.